The van der Waals surface area contributed by atoms with Crippen LogP contribution in [0.5, 0.6) is 0 Å². The molecule has 0 radical (unpaired) electrons. The van der Waals surface area contributed by atoms with E-state index >= 15 is 0 Å². The van der Waals surface area contributed by atoms with Gasteiger partial charge in [0.2, 0.25) is 0 Å². The van der Waals surface area contributed by atoms with Crippen LogP contribution in [0, 0.1) is 13.8 Å². The van der Waals surface area contributed by atoms with Gasteiger partial charge < -0.3 is 15.0 Å². The molecule has 4 rings (SSSR count). The zero-order valence-corrected chi connectivity index (χ0v) is 21.4. The van der Waals surface area contributed by atoms with Gasteiger partial charge in [-0.1, -0.05) is 36.7 Å². The van der Waals surface area contributed by atoms with E-state index in [1.807, 2.05) is 32.0 Å². The van der Waals surface area contributed by atoms with Crippen LogP contribution in [0.25, 0.3) is 0 Å². The Kier molecular flexibility index (Phi) is 7.75. The SMILES string of the molecule is CCC(=O)OC1CCCN(C(=O)c2ccc(NC(=O)c3ccccc3C)cc2C)c2ccc(Cl)cc21. The fourth-order valence-corrected chi connectivity index (χ4v) is 4.65. The highest BCUT2D eigenvalue weighted by Gasteiger charge is 2.30. The first-order chi connectivity index (χ1) is 17.3. The number of halogens is 1. The van der Waals surface area contributed by atoms with Gasteiger partial charge in [-0.2, -0.15) is 0 Å². The normalized spacial score (nSPS) is 15.0. The van der Waals surface area contributed by atoms with E-state index in [0.717, 1.165) is 16.7 Å². The third-order valence-corrected chi connectivity index (χ3v) is 6.62. The maximum atomic E-state index is 13.7. The molecule has 36 heavy (non-hydrogen) atoms. The lowest BCUT2D eigenvalue weighted by molar-refractivity contribution is -0.149. The van der Waals surface area contributed by atoms with E-state index in [9.17, 15) is 14.4 Å². The van der Waals surface area contributed by atoms with Crippen molar-refractivity contribution in [1.82, 2.24) is 0 Å². The van der Waals surface area contributed by atoms with Gasteiger partial charge in [-0.15, -0.1) is 0 Å². The number of carbonyl (C=O) groups is 3. The summed E-state index contributed by atoms with van der Waals surface area (Å²) < 4.78 is 5.68. The molecule has 1 aliphatic heterocycles. The van der Waals surface area contributed by atoms with E-state index in [2.05, 4.69) is 5.32 Å². The molecule has 0 saturated heterocycles. The standard InChI is InChI=1S/C29H29ClN2O4/c1-4-27(33)36-26-10-7-15-32(25-14-11-20(30)17-24(25)26)29(35)23-13-12-21(16-19(23)3)31-28(34)22-9-6-5-8-18(22)2/h5-6,8-9,11-14,16-17,26H,4,7,10,15H2,1-3H3,(H,31,34). The van der Waals surface area contributed by atoms with E-state index in [1.165, 1.54) is 0 Å². The van der Waals surface area contributed by atoms with Crippen LogP contribution in [0.3, 0.4) is 0 Å². The number of nitrogens with one attached hydrogen (secondary N) is 1. The quantitative estimate of drug-likeness (QED) is 0.395. The highest BCUT2D eigenvalue weighted by molar-refractivity contribution is 6.30. The van der Waals surface area contributed by atoms with E-state index in [1.54, 1.807) is 54.3 Å². The Labute approximate surface area is 216 Å². The molecule has 186 valence electrons. The predicted octanol–water partition coefficient (Wildman–Crippen LogP) is 6.64. The van der Waals surface area contributed by atoms with Crippen LogP contribution in [0.1, 0.15) is 69.7 Å². The molecule has 1 aliphatic rings. The Morgan fingerprint density at radius 3 is 2.50 bits per heavy atom. The number of benzene rings is 3. The van der Waals surface area contributed by atoms with E-state index in [0.29, 0.717) is 46.9 Å². The maximum absolute atomic E-state index is 13.7. The van der Waals surface area contributed by atoms with Gasteiger partial charge in [0.15, 0.2) is 0 Å². The minimum Gasteiger partial charge on any atom is -0.457 e. The number of fused-ring (bicyclic) bond motifs is 1. The van der Waals surface area contributed by atoms with Crippen molar-refractivity contribution in [2.75, 3.05) is 16.8 Å². The summed E-state index contributed by atoms with van der Waals surface area (Å²) in [4.78, 5) is 40.2. The minimum atomic E-state index is -0.455. The molecule has 1 unspecified atom stereocenters. The Balaban J connectivity index is 1.60. The predicted molar refractivity (Wildman–Crippen MR) is 142 cm³/mol. The molecule has 0 saturated carbocycles. The zero-order chi connectivity index (χ0) is 25.8. The van der Waals surface area contributed by atoms with Crippen molar-refractivity contribution in [2.24, 2.45) is 0 Å². The van der Waals surface area contributed by atoms with Gasteiger partial charge in [0.25, 0.3) is 11.8 Å². The second-order valence-corrected chi connectivity index (χ2v) is 9.37. The van der Waals surface area contributed by atoms with Gasteiger partial charge in [-0.3, -0.25) is 14.4 Å². The van der Waals surface area contributed by atoms with Crippen LogP contribution < -0.4 is 10.2 Å². The van der Waals surface area contributed by atoms with E-state index < -0.39 is 6.10 Å². The molecule has 3 aromatic carbocycles. The summed E-state index contributed by atoms with van der Waals surface area (Å²) >= 11 is 6.27. The number of ether oxygens (including phenoxy) is 1. The molecule has 6 nitrogen and oxygen atoms in total. The molecule has 0 aromatic heterocycles. The largest absolute Gasteiger partial charge is 0.457 e. The smallest absolute Gasteiger partial charge is 0.306 e. The number of hydrogen-bond acceptors (Lipinski definition) is 4. The fourth-order valence-electron chi connectivity index (χ4n) is 4.47. The summed E-state index contributed by atoms with van der Waals surface area (Å²) in [5.74, 6) is -0.641. The molecule has 3 aromatic rings. The van der Waals surface area contributed by atoms with Crippen molar-refractivity contribution in [3.63, 3.8) is 0 Å². The Bertz CT molecular complexity index is 1320. The van der Waals surface area contributed by atoms with Crippen LogP contribution in [-0.4, -0.2) is 24.3 Å². The highest BCUT2D eigenvalue weighted by atomic mass is 35.5. The van der Waals surface area contributed by atoms with Gasteiger partial charge in [-0.25, -0.2) is 0 Å². The molecule has 0 aliphatic carbocycles. The second kappa shape index (κ2) is 11.0. The van der Waals surface area contributed by atoms with E-state index in [4.69, 9.17) is 16.3 Å². The summed E-state index contributed by atoms with van der Waals surface area (Å²) in [7, 11) is 0. The Morgan fingerprint density at radius 2 is 1.78 bits per heavy atom. The molecule has 7 heteroatoms. The average Bonchev–Trinajstić information content (AvgIpc) is 3.03. The van der Waals surface area contributed by atoms with Crippen molar-refractivity contribution in [3.05, 3.63) is 93.5 Å². The van der Waals surface area contributed by atoms with Gasteiger partial charge in [-0.05, 0) is 80.3 Å². The molecule has 0 bridgehead atoms. The van der Waals surface area contributed by atoms with E-state index in [-0.39, 0.29) is 24.2 Å². The number of anilines is 2. The molecule has 0 fully saturated rings. The first kappa shape index (κ1) is 25.5. The molecule has 0 spiro atoms. The number of hydrogen-bond donors (Lipinski definition) is 1. The number of amides is 2. The third-order valence-electron chi connectivity index (χ3n) is 6.39. The Hall–Kier alpha value is -3.64. The van der Waals surface area contributed by atoms with Crippen molar-refractivity contribution < 1.29 is 19.1 Å². The molecular formula is C29H29ClN2O4. The summed E-state index contributed by atoms with van der Waals surface area (Å²) in [5, 5.41) is 3.44. The molecule has 1 heterocycles. The van der Waals surface area contributed by atoms with Crippen LogP contribution in [0.2, 0.25) is 5.02 Å². The number of nitrogens with zero attached hydrogens (tertiary/aromatic N) is 1. The van der Waals surface area contributed by atoms with Crippen LogP contribution in [0.4, 0.5) is 11.4 Å². The van der Waals surface area contributed by atoms with Crippen molar-refractivity contribution >= 4 is 40.8 Å². The first-order valence-corrected chi connectivity index (χ1v) is 12.4. The molecular weight excluding hydrogens is 476 g/mol. The lowest BCUT2D eigenvalue weighted by Crippen LogP contribution is -2.32. The van der Waals surface area contributed by atoms with Gasteiger partial charge in [0, 0.05) is 40.4 Å². The van der Waals surface area contributed by atoms with Crippen molar-refractivity contribution in [3.8, 4) is 0 Å². The van der Waals surface area contributed by atoms with Crippen molar-refractivity contribution in [1.29, 1.82) is 0 Å². The van der Waals surface area contributed by atoms with Gasteiger partial charge in [0.1, 0.15) is 6.10 Å². The Morgan fingerprint density at radius 1 is 1.00 bits per heavy atom. The van der Waals surface area contributed by atoms with Crippen LogP contribution >= 0.6 is 11.6 Å². The number of aryl methyl sites for hydroxylation is 2. The lowest BCUT2D eigenvalue weighted by Gasteiger charge is -2.25. The first-order valence-electron chi connectivity index (χ1n) is 12.1. The van der Waals surface area contributed by atoms with Gasteiger partial charge in [0.05, 0.1) is 5.69 Å². The number of esters is 1. The highest BCUT2D eigenvalue weighted by Crippen LogP contribution is 2.38. The summed E-state index contributed by atoms with van der Waals surface area (Å²) in [6, 6.07) is 18.0. The lowest BCUT2D eigenvalue weighted by atomic mass is 10.0. The monoisotopic (exact) mass is 504 g/mol. The maximum Gasteiger partial charge on any atom is 0.306 e. The molecule has 1 atom stereocenters. The van der Waals surface area contributed by atoms with Gasteiger partial charge >= 0.3 is 5.97 Å². The minimum absolute atomic E-state index is 0.157. The summed E-state index contributed by atoms with van der Waals surface area (Å²) in [5.41, 5.74) is 4.81. The number of rotatable bonds is 5. The third kappa shape index (κ3) is 5.44. The summed E-state index contributed by atoms with van der Waals surface area (Å²) in [6.07, 6.45) is 1.10. The van der Waals surface area contributed by atoms with Crippen LogP contribution in [-0.2, 0) is 9.53 Å². The zero-order valence-electron chi connectivity index (χ0n) is 20.6. The summed E-state index contributed by atoms with van der Waals surface area (Å²) in [6.45, 7) is 5.98. The van der Waals surface area contributed by atoms with Crippen molar-refractivity contribution in [2.45, 2.75) is 46.1 Å². The molecule has 2 amide bonds. The average molecular weight is 505 g/mol. The second-order valence-electron chi connectivity index (χ2n) is 8.93. The topological polar surface area (TPSA) is 75.7 Å². The van der Waals surface area contributed by atoms with Crippen LogP contribution in [0.15, 0.2) is 60.7 Å². The number of carbonyl (C=O) groups excluding carboxylic acids is 3. The fraction of sp³-hybridized carbons (Fsp3) is 0.276. The molecule has 1 N–H and O–H groups in total.